The molecular formula is C10H17NO2. The Labute approximate surface area is 78.3 Å². The van der Waals surface area contributed by atoms with Gasteiger partial charge in [-0.1, -0.05) is 12.8 Å². The van der Waals surface area contributed by atoms with Crippen molar-refractivity contribution in [1.82, 2.24) is 0 Å². The van der Waals surface area contributed by atoms with Gasteiger partial charge in [-0.25, -0.2) is 0 Å². The molecule has 0 aromatic carbocycles. The zero-order valence-corrected chi connectivity index (χ0v) is 7.83. The molecule has 0 aliphatic heterocycles. The van der Waals surface area contributed by atoms with Crippen molar-refractivity contribution in [3.05, 3.63) is 0 Å². The van der Waals surface area contributed by atoms with Gasteiger partial charge in [-0.3, -0.25) is 4.79 Å². The molecule has 2 aliphatic carbocycles. The van der Waals surface area contributed by atoms with Gasteiger partial charge in [0.25, 0.3) is 0 Å². The quantitative estimate of drug-likeness (QED) is 0.679. The van der Waals surface area contributed by atoms with Crippen LogP contribution < -0.4 is 5.73 Å². The number of nitrogens with two attached hydrogens (primary N) is 1. The lowest BCUT2D eigenvalue weighted by atomic mass is 9.74. The van der Waals surface area contributed by atoms with Crippen LogP contribution in [0.2, 0.25) is 0 Å². The van der Waals surface area contributed by atoms with Gasteiger partial charge < -0.3 is 10.8 Å². The van der Waals surface area contributed by atoms with E-state index in [1.54, 1.807) is 0 Å². The second-order valence-electron chi connectivity index (χ2n) is 4.66. The lowest BCUT2D eigenvalue weighted by Gasteiger charge is -2.34. The Bertz CT molecular complexity index is 225. The molecule has 2 fully saturated rings. The first-order valence-electron chi connectivity index (χ1n) is 5.14. The molecule has 0 heterocycles. The Morgan fingerprint density at radius 3 is 2.54 bits per heavy atom. The summed E-state index contributed by atoms with van der Waals surface area (Å²) in [5.41, 5.74) is 4.95. The van der Waals surface area contributed by atoms with Crippen molar-refractivity contribution >= 4 is 5.97 Å². The van der Waals surface area contributed by atoms with Gasteiger partial charge in [-0.2, -0.15) is 0 Å². The van der Waals surface area contributed by atoms with E-state index in [0.29, 0.717) is 18.8 Å². The molecule has 0 saturated heterocycles. The molecule has 0 spiro atoms. The van der Waals surface area contributed by atoms with Crippen molar-refractivity contribution in [3.8, 4) is 0 Å². The first-order chi connectivity index (χ1) is 6.12. The van der Waals surface area contributed by atoms with Crippen LogP contribution in [0.5, 0.6) is 0 Å². The number of rotatable bonds is 2. The molecule has 74 valence electrons. The van der Waals surface area contributed by atoms with E-state index in [-0.39, 0.29) is 0 Å². The maximum Gasteiger partial charge on any atom is 0.323 e. The summed E-state index contributed by atoms with van der Waals surface area (Å²) < 4.78 is 0. The molecular weight excluding hydrogens is 166 g/mol. The van der Waals surface area contributed by atoms with Crippen LogP contribution in [-0.2, 0) is 4.79 Å². The normalized spacial score (nSPS) is 40.2. The Morgan fingerprint density at radius 1 is 1.31 bits per heavy atom. The van der Waals surface area contributed by atoms with E-state index in [2.05, 4.69) is 0 Å². The topological polar surface area (TPSA) is 63.3 Å². The second-order valence-corrected chi connectivity index (χ2v) is 4.66. The van der Waals surface area contributed by atoms with Crippen molar-refractivity contribution in [3.63, 3.8) is 0 Å². The average Bonchev–Trinajstić information content (AvgIpc) is 2.86. The average molecular weight is 183 g/mol. The smallest absolute Gasteiger partial charge is 0.323 e. The highest BCUT2D eigenvalue weighted by Crippen LogP contribution is 2.45. The van der Waals surface area contributed by atoms with Gasteiger partial charge in [0.2, 0.25) is 0 Å². The minimum Gasteiger partial charge on any atom is -0.480 e. The first-order valence-corrected chi connectivity index (χ1v) is 5.14. The van der Waals surface area contributed by atoms with Crippen LogP contribution >= 0.6 is 0 Å². The molecule has 0 radical (unpaired) electrons. The maximum absolute atomic E-state index is 10.9. The fourth-order valence-corrected chi connectivity index (χ4v) is 2.52. The number of hydrogen-bond acceptors (Lipinski definition) is 2. The summed E-state index contributed by atoms with van der Waals surface area (Å²) in [5.74, 6) is 0.579. The van der Waals surface area contributed by atoms with Crippen molar-refractivity contribution < 1.29 is 9.90 Å². The highest BCUT2D eigenvalue weighted by atomic mass is 16.4. The summed E-state index contributed by atoms with van der Waals surface area (Å²) in [6.07, 6.45) is 6.13. The van der Waals surface area contributed by atoms with Crippen LogP contribution in [0.25, 0.3) is 0 Å². The van der Waals surface area contributed by atoms with Crippen LogP contribution in [0.1, 0.15) is 38.5 Å². The van der Waals surface area contributed by atoms with Gasteiger partial charge in [0.05, 0.1) is 0 Å². The molecule has 2 rings (SSSR count). The first kappa shape index (κ1) is 9.00. The Hall–Kier alpha value is -0.570. The number of hydrogen-bond donors (Lipinski definition) is 2. The summed E-state index contributed by atoms with van der Waals surface area (Å²) >= 11 is 0. The predicted molar refractivity (Wildman–Crippen MR) is 49.2 cm³/mol. The zero-order valence-electron chi connectivity index (χ0n) is 7.83. The Morgan fingerprint density at radius 2 is 2.00 bits per heavy atom. The van der Waals surface area contributed by atoms with Gasteiger partial charge in [-0.15, -0.1) is 0 Å². The minimum absolute atomic E-state index is 0.592. The summed E-state index contributed by atoms with van der Waals surface area (Å²) in [5, 5.41) is 8.99. The molecule has 2 unspecified atom stereocenters. The molecule has 2 aliphatic rings. The molecule has 2 atom stereocenters. The van der Waals surface area contributed by atoms with Gasteiger partial charge in [-0.05, 0) is 37.5 Å². The van der Waals surface area contributed by atoms with E-state index in [0.717, 1.165) is 12.3 Å². The molecule has 13 heavy (non-hydrogen) atoms. The van der Waals surface area contributed by atoms with E-state index in [4.69, 9.17) is 10.8 Å². The van der Waals surface area contributed by atoms with Gasteiger partial charge >= 0.3 is 5.97 Å². The van der Waals surface area contributed by atoms with Crippen molar-refractivity contribution in [1.29, 1.82) is 0 Å². The molecule has 3 N–H and O–H groups in total. The molecule has 3 heteroatoms. The highest BCUT2D eigenvalue weighted by molar-refractivity contribution is 5.78. The van der Waals surface area contributed by atoms with Crippen molar-refractivity contribution in [2.24, 2.45) is 17.6 Å². The van der Waals surface area contributed by atoms with Crippen LogP contribution in [0, 0.1) is 11.8 Å². The van der Waals surface area contributed by atoms with E-state index < -0.39 is 11.5 Å². The minimum atomic E-state index is -0.911. The molecule has 2 saturated carbocycles. The van der Waals surface area contributed by atoms with Gasteiger partial charge in [0.15, 0.2) is 0 Å². The summed E-state index contributed by atoms with van der Waals surface area (Å²) in [6, 6.07) is 0. The van der Waals surface area contributed by atoms with Crippen LogP contribution in [0.3, 0.4) is 0 Å². The molecule has 0 aromatic heterocycles. The zero-order chi connectivity index (χ0) is 9.47. The van der Waals surface area contributed by atoms with Crippen LogP contribution in [0.15, 0.2) is 0 Å². The maximum atomic E-state index is 10.9. The Kier molecular flexibility index (Phi) is 2.06. The fourth-order valence-electron chi connectivity index (χ4n) is 2.52. The molecule has 0 bridgehead atoms. The number of carboxylic acid groups (broad SMARTS) is 1. The molecule has 0 amide bonds. The van der Waals surface area contributed by atoms with Crippen LogP contribution in [0.4, 0.5) is 0 Å². The standard InChI is InChI=1S/C10H17NO2/c11-10(9(12)13)5-1-2-8(6-10)7-3-4-7/h7-8H,1-6,11H2,(H,12,13). The number of carbonyl (C=O) groups is 1. The summed E-state index contributed by atoms with van der Waals surface area (Å²) in [4.78, 5) is 10.9. The van der Waals surface area contributed by atoms with Crippen molar-refractivity contribution in [2.45, 2.75) is 44.1 Å². The third kappa shape index (κ3) is 1.70. The lowest BCUT2D eigenvalue weighted by molar-refractivity contribution is -0.145. The molecule has 0 aromatic rings. The van der Waals surface area contributed by atoms with Gasteiger partial charge in [0, 0.05) is 0 Å². The summed E-state index contributed by atoms with van der Waals surface area (Å²) in [6.45, 7) is 0. The fraction of sp³-hybridized carbons (Fsp3) is 0.900. The third-order valence-electron chi connectivity index (χ3n) is 3.54. The third-order valence-corrected chi connectivity index (χ3v) is 3.54. The Balaban J connectivity index is 2.01. The largest absolute Gasteiger partial charge is 0.480 e. The van der Waals surface area contributed by atoms with E-state index in [1.807, 2.05) is 0 Å². The number of carboxylic acids is 1. The van der Waals surface area contributed by atoms with E-state index in [9.17, 15) is 4.79 Å². The van der Waals surface area contributed by atoms with E-state index in [1.165, 1.54) is 19.3 Å². The van der Waals surface area contributed by atoms with Gasteiger partial charge in [0.1, 0.15) is 5.54 Å². The highest BCUT2D eigenvalue weighted by Gasteiger charge is 2.43. The van der Waals surface area contributed by atoms with Crippen molar-refractivity contribution in [2.75, 3.05) is 0 Å². The second kappa shape index (κ2) is 2.98. The number of aliphatic carboxylic acids is 1. The van der Waals surface area contributed by atoms with Crippen LogP contribution in [-0.4, -0.2) is 16.6 Å². The SMILES string of the molecule is NC1(C(=O)O)CCCC(C2CC2)C1. The molecule has 3 nitrogen and oxygen atoms in total. The van der Waals surface area contributed by atoms with E-state index >= 15 is 0 Å². The predicted octanol–water partition coefficient (Wildman–Crippen LogP) is 1.37. The monoisotopic (exact) mass is 183 g/mol. The lowest BCUT2D eigenvalue weighted by Crippen LogP contribution is -2.51. The summed E-state index contributed by atoms with van der Waals surface area (Å²) in [7, 11) is 0.